The molecule has 0 aliphatic heterocycles. The molecule has 0 radical (unpaired) electrons. The van der Waals surface area contributed by atoms with Gasteiger partial charge in [0.1, 0.15) is 11.5 Å². The van der Waals surface area contributed by atoms with Gasteiger partial charge in [-0.15, -0.1) is 0 Å². The number of aliphatic carboxylic acids is 1. The van der Waals surface area contributed by atoms with Crippen molar-refractivity contribution in [3.8, 4) is 17.2 Å². The molecule has 0 spiro atoms. The van der Waals surface area contributed by atoms with Crippen molar-refractivity contribution in [3.05, 3.63) is 70.6 Å². The minimum absolute atomic E-state index is 0.0555. The number of nitrogens with zero attached hydrogens (tertiary/aromatic N) is 2. The van der Waals surface area contributed by atoms with Crippen molar-refractivity contribution in [1.82, 2.24) is 9.88 Å². The Morgan fingerprint density at radius 2 is 1.77 bits per heavy atom. The molecule has 1 amide bonds. The van der Waals surface area contributed by atoms with Gasteiger partial charge < -0.3 is 23.9 Å². The van der Waals surface area contributed by atoms with Crippen LogP contribution in [-0.2, 0) is 35.1 Å². The molecule has 0 aliphatic carbocycles. The lowest BCUT2D eigenvalue weighted by Crippen LogP contribution is -2.29. The third-order valence-corrected chi connectivity index (χ3v) is 5.80. The van der Waals surface area contributed by atoms with Crippen molar-refractivity contribution in [2.24, 2.45) is 0 Å². The average Bonchev–Trinajstić information content (AvgIpc) is 3.22. The summed E-state index contributed by atoms with van der Waals surface area (Å²) in [7, 11) is 1.60. The normalized spacial score (nSPS) is 11.5. The zero-order valence-electron chi connectivity index (χ0n) is 22.2. The van der Waals surface area contributed by atoms with Crippen molar-refractivity contribution in [1.29, 1.82) is 0 Å². The Balaban J connectivity index is 1.68. The van der Waals surface area contributed by atoms with Crippen LogP contribution in [0.25, 0.3) is 11.5 Å². The number of hydrogen-bond acceptors (Lipinski definition) is 6. The topological polar surface area (TPSA) is 102 Å². The standard InChI is InChI=1S/C28H31F3N2O6/c1-17(2)38-27(36)33(4)16-21-15-23(11-7-19(21)8-12-25(34)35)37-14-13-24-18(3)39-26(32-24)20-5-9-22(10-6-20)28(29,30)31/h5-7,9-11,15,17H,8,12-14,16H2,1-4H3,(H,34,35). The molecule has 0 saturated heterocycles. The number of carboxylic acid groups (broad SMARTS) is 1. The SMILES string of the molecule is Cc1oc(-c2ccc(C(F)(F)F)cc2)nc1CCOc1ccc(CCC(=O)O)c(CN(C)C(=O)OC(C)C)c1. The van der Waals surface area contributed by atoms with Crippen LogP contribution in [-0.4, -0.2) is 46.8 Å². The van der Waals surface area contributed by atoms with E-state index in [1.54, 1.807) is 46.0 Å². The second-order valence-corrected chi connectivity index (χ2v) is 9.31. The summed E-state index contributed by atoms with van der Waals surface area (Å²) in [5.41, 5.74) is 1.81. The summed E-state index contributed by atoms with van der Waals surface area (Å²) in [5.74, 6) is 0.354. The molecule has 11 heteroatoms. The number of carboxylic acids is 1. The summed E-state index contributed by atoms with van der Waals surface area (Å²) in [5, 5.41) is 9.09. The van der Waals surface area contributed by atoms with Crippen LogP contribution in [0, 0.1) is 6.92 Å². The molecular formula is C28H31F3N2O6. The van der Waals surface area contributed by atoms with Crippen LogP contribution < -0.4 is 4.74 Å². The Morgan fingerprint density at radius 3 is 2.38 bits per heavy atom. The number of oxazole rings is 1. The van der Waals surface area contributed by atoms with Crippen LogP contribution in [0.1, 0.15) is 48.4 Å². The van der Waals surface area contributed by atoms with E-state index >= 15 is 0 Å². The molecule has 0 atom stereocenters. The maximum atomic E-state index is 12.8. The molecule has 0 aliphatic rings. The van der Waals surface area contributed by atoms with Crippen molar-refractivity contribution in [3.63, 3.8) is 0 Å². The third-order valence-electron chi connectivity index (χ3n) is 5.80. The van der Waals surface area contributed by atoms with Crippen molar-refractivity contribution >= 4 is 12.1 Å². The van der Waals surface area contributed by atoms with E-state index in [0.717, 1.165) is 23.3 Å². The van der Waals surface area contributed by atoms with Crippen molar-refractivity contribution in [2.75, 3.05) is 13.7 Å². The monoisotopic (exact) mass is 548 g/mol. The quantitative estimate of drug-likeness (QED) is 0.301. The highest BCUT2D eigenvalue weighted by atomic mass is 19.4. The number of aromatic nitrogens is 1. The van der Waals surface area contributed by atoms with Crippen LogP contribution >= 0.6 is 0 Å². The summed E-state index contributed by atoms with van der Waals surface area (Å²) in [4.78, 5) is 29.2. The van der Waals surface area contributed by atoms with Crippen LogP contribution in [0.2, 0.25) is 0 Å². The predicted octanol–water partition coefficient (Wildman–Crippen LogP) is 6.28. The molecule has 39 heavy (non-hydrogen) atoms. The van der Waals surface area contributed by atoms with E-state index in [-0.39, 0.29) is 31.6 Å². The zero-order valence-corrected chi connectivity index (χ0v) is 22.2. The highest BCUT2D eigenvalue weighted by Crippen LogP contribution is 2.31. The van der Waals surface area contributed by atoms with Gasteiger partial charge in [0.25, 0.3) is 0 Å². The molecule has 1 N–H and O–H groups in total. The number of alkyl halides is 3. The first-order chi connectivity index (χ1) is 18.3. The van der Waals surface area contributed by atoms with Gasteiger partial charge in [-0.05, 0) is 74.7 Å². The minimum Gasteiger partial charge on any atom is -0.493 e. The number of carbonyl (C=O) groups is 2. The zero-order chi connectivity index (χ0) is 28.7. The number of ether oxygens (including phenoxy) is 2. The fraction of sp³-hybridized carbons (Fsp3) is 0.393. The number of benzene rings is 2. The van der Waals surface area contributed by atoms with Gasteiger partial charge in [0, 0.05) is 32.0 Å². The number of amides is 1. The Labute approximate surface area is 224 Å². The Hall–Kier alpha value is -4.02. The van der Waals surface area contributed by atoms with Gasteiger partial charge in [0.2, 0.25) is 5.89 Å². The summed E-state index contributed by atoms with van der Waals surface area (Å²) in [6, 6.07) is 9.87. The molecule has 210 valence electrons. The second kappa shape index (κ2) is 12.7. The number of hydrogen-bond donors (Lipinski definition) is 1. The Bertz CT molecular complexity index is 1290. The number of carbonyl (C=O) groups excluding carboxylic acids is 1. The number of aryl methyl sites for hydroxylation is 2. The lowest BCUT2D eigenvalue weighted by Gasteiger charge is -2.21. The molecule has 1 heterocycles. The molecule has 0 fully saturated rings. The summed E-state index contributed by atoms with van der Waals surface area (Å²) >= 11 is 0. The molecule has 0 bridgehead atoms. The first-order valence-electron chi connectivity index (χ1n) is 12.4. The van der Waals surface area contributed by atoms with E-state index in [2.05, 4.69) is 4.98 Å². The molecule has 3 aromatic rings. The second-order valence-electron chi connectivity index (χ2n) is 9.31. The van der Waals surface area contributed by atoms with Crippen LogP contribution in [0.15, 0.2) is 46.9 Å². The maximum absolute atomic E-state index is 12.8. The molecule has 3 rings (SSSR count). The number of halogens is 3. The van der Waals surface area contributed by atoms with Crippen LogP contribution in [0.4, 0.5) is 18.0 Å². The highest BCUT2D eigenvalue weighted by Gasteiger charge is 2.30. The highest BCUT2D eigenvalue weighted by molar-refractivity contribution is 5.68. The lowest BCUT2D eigenvalue weighted by atomic mass is 10.0. The molecule has 8 nitrogen and oxygen atoms in total. The van der Waals surface area contributed by atoms with Gasteiger partial charge in [0.05, 0.1) is 24.0 Å². The first kappa shape index (κ1) is 29.5. The van der Waals surface area contributed by atoms with Gasteiger partial charge in [-0.2, -0.15) is 13.2 Å². The summed E-state index contributed by atoms with van der Waals surface area (Å²) in [6.07, 6.45) is -4.57. The van der Waals surface area contributed by atoms with E-state index in [1.165, 1.54) is 17.0 Å². The van der Waals surface area contributed by atoms with E-state index in [9.17, 15) is 22.8 Å². The Kier molecular flexibility index (Phi) is 9.61. The van der Waals surface area contributed by atoms with E-state index in [0.29, 0.717) is 35.6 Å². The van der Waals surface area contributed by atoms with Crippen molar-refractivity contribution in [2.45, 2.75) is 58.9 Å². The van der Waals surface area contributed by atoms with Crippen molar-refractivity contribution < 1.29 is 41.8 Å². The largest absolute Gasteiger partial charge is 0.493 e. The predicted molar refractivity (Wildman–Crippen MR) is 136 cm³/mol. The average molecular weight is 549 g/mol. The fourth-order valence-electron chi connectivity index (χ4n) is 3.79. The van der Waals surface area contributed by atoms with Gasteiger partial charge in [-0.3, -0.25) is 4.79 Å². The summed E-state index contributed by atoms with van der Waals surface area (Å²) in [6.45, 7) is 5.66. The first-order valence-corrected chi connectivity index (χ1v) is 12.4. The van der Waals surface area contributed by atoms with Crippen LogP contribution in [0.5, 0.6) is 5.75 Å². The lowest BCUT2D eigenvalue weighted by molar-refractivity contribution is -0.138. The Morgan fingerprint density at radius 1 is 1.08 bits per heavy atom. The van der Waals surface area contributed by atoms with E-state index in [1.807, 2.05) is 0 Å². The van der Waals surface area contributed by atoms with Crippen LogP contribution in [0.3, 0.4) is 0 Å². The third kappa shape index (κ3) is 8.49. The minimum atomic E-state index is -4.42. The molecule has 0 saturated carbocycles. The summed E-state index contributed by atoms with van der Waals surface area (Å²) < 4.78 is 55.3. The smallest absolute Gasteiger partial charge is 0.416 e. The van der Waals surface area contributed by atoms with E-state index in [4.69, 9.17) is 19.0 Å². The molecule has 0 unspecified atom stereocenters. The van der Waals surface area contributed by atoms with Gasteiger partial charge in [-0.1, -0.05) is 6.07 Å². The maximum Gasteiger partial charge on any atom is 0.416 e. The molecular weight excluding hydrogens is 517 g/mol. The number of rotatable bonds is 11. The van der Waals surface area contributed by atoms with E-state index < -0.39 is 23.8 Å². The molecule has 1 aromatic heterocycles. The fourth-order valence-corrected chi connectivity index (χ4v) is 3.79. The van der Waals surface area contributed by atoms with Gasteiger partial charge in [-0.25, -0.2) is 9.78 Å². The van der Waals surface area contributed by atoms with Gasteiger partial charge in [0.15, 0.2) is 0 Å². The molecule has 2 aromatic carbocycles. The van der Waals surface area contributed by atoms with Gasteiger partial charge >= 0.3 is 18.2 Å².